The first kappa shape index (κ1) is 10.0. The summed E-state index contributed by atoms with van der Waals surface area (Å²) in [4.78, 5) is 0.0405. The Bertz CT molecular complexity index is 477. The maximum atomic E-state index is 11.0. The largest absolute Gasteiger partial charge is 0.294 e. The van der Waals surface area contributed by atoms with Crippen LogP contribution in [-0.2, 0) is 21.6 Å². The van der Waals surface area contributed by atoms with Crippen LogP contribution in [0, 0.1) is 6.92 Å². The molecule has 76 valence electrons. The molecule has 1 aromatic rings. The molecule has 0 saturated heterocycles. The van der Waals surface area contributed by atoms with Gasteiger partial charge in [-0.1, -0.05) is 6.07 Å². The van der Waals surface area contributed by atoms with Crippen molar-refractivity contribution in [2.24, 2.45) is 0 Å². The van der Waals surface area contributed by atoms with Gasteiger partial charge in [0.15, 0.2) is 0 Å². The monoisotopic (exact) mass is 230 g/mol. The van der Waals surface area contributed by atoms with Gasteiger partial charge in [0.2, 0.25) is 0 Å². The molecule has 14 heavy (non-hydrogen) atoms. The third-order valence-corrected chi connectivity index (χ3v) is 4.43. The minimum atomic E-state index is -4.06. The maximum Gasteiger partial charge on any atom is 0.294 e. The van der Waals surface area contributed by atoms with Gasteiger partial charge in [-0.25, -0.2) is 0 Å². The highest BCUT2D eigenvalue weighted by Gasteiger charge is 2.20. The first-order valence-corrected chi connectivity index (χ1v) is 6.76. The third kappa shape index (κ3) is 1.55. The Morgan fingerprint density at radius 2 is 2.07 bits per heavy atom. The summed E-state index contributed by atoms with van der Waals surface area (Å²) in [6.45, 7) is 1.74. The molecule has 0 atom stereocenters. The van der Waals surface area contributed by atoms with Crippen LogP contribution in [0.3, 0.4) is 0 Å². The van der Waals surface area contributed by atoms with E-state index in [-0.39, 0.29) is 4.90 Å². The van der Waals surface area contributed by atoms with Crippen molar-refractivity contribution in [3.63, 3.8) is 0 Å². The van der Waals surface area contributed by atoms with Gasteiger partial charge in [0.1, 0.15) is 0 Å². The Morgan fingerprint density at radius 1 is 1.36 bits per heavy atom. The van der Waals surface area contributed by atoms with E-state index in [0.29, 0.717) is 5.56 Å². The second-order valence-electron chi connectivity index (χ2n) is 3.29. The van der Waals surface area contributed by atoms with E-state index in [9.17, 15) is 8.42 Å². The normalized spacial score (nSPS) is 15.6. The fourth-order valence-electron chi connectivity index (χ4n) is 1.67. The molecule has 1 heterocycles. The summed E-state index contributed by atoms with van der Waals surface area (Å²) in [6.07, 6.45) is 0. The third-order valence-electron chi connectivity index (χ3n) is 2.43. The second kappa shape index (κ2) is 3.25. The van der Waals surface area contributed by atoms with Crippen LogP contribution in [0.5, 0.6) is 0 Å². The van der Waals surface area contributed by atoms with E-state index in [4.69, 9.17) is 4.55 Å². The summed E-state index contributed by atoms with van der Waals surface area (Å²) < 4.78 is 31.0. The lowest BCUT2D eigenvalue weighted by Crippen LogP contribution is -2.03. The summed E-state index contributed by atoms with van der Waals surface area (Å²) >= 11 is 1.76. The van der Waals surface area contributed by atoms with E-state index in [0.717, 1.165) is 17.1 Å². The van der Waals surface area contributed by atoms with Crippen molar-refractivity contribution < 1.29 is 13.0 Å². The Labute approximate surface area is 87.3 Å². The minimum Gasteiger partial charge on any atom is -0.282 e. The molecule has 1 aliphatic heterocycles. The minimum absolute atomic E-state index is 0.0405. The molecule has 0 saturated carbocycles. The predicted octanol–water partition coefficient (Wildman–Crippen LogP) is 1.99. The van der Waals surface area contributed by atoms with Crippen LogP contribution in [0.1, 0.15) is 16.7 Å². The summed E-state index contributed by atoms with van der Waals surface area (Å²) in [5.41, 5.74) is 2.93. The lowest BCUT2D eigenvalue weighted by Gasteiger charge is -2.07. The number of fused-ring (bicyclic) bond motifs is 1. The number of benzene rings is 1. The van der Waals surface area contributed by atoms with Crippen LogP contribution in [0.15, 0.2) is 17.0 Å². The lowest BCUT2D eigenvalue weighted by molar-refractivity contribution is 0.482. The number of hydrogen-bond acceptors (Lipinski definition) is 3. The average Bonchev–Trinajstić information content (AvgIpc) is 2.50. The molecular formula is C9H10O3S2. The summed E-state index contributed by atoms with van der Waals surface area (Å²) in [6, 6.07) is 3.26. The van der Waals surface area contributed by atoms with Gasteiger partial charge in [-0.3, -0.25) is 4.55 Å². The standard InChI is InChI=1S/C9H10O3S2/c1-6-8-5-13-4-7(8)2-3-9(6)14(10,11)12/h2-3H,4-5H2,1H3,(H,10,11,12). The van der Waals surface area contributed by atoms with Gasteiger partial charge >= 0.3 is 0 Å². The Hall–Kier alpha value is -0.520. The highest BCUT2D eigenvalue weighted by Crippen LogP contribution is 2.34. The fraction of sp³-hybridized carbons (Fsp3) is 0.333. The Morgan fingerprint density at radius 3 is 2.71 bits per heavy atom. The van der Waals surface area contributed by atoms with E-state index in [1.807, 2.05) is 0 Å². The van der Waals surface area contributed by atoms with E-state index < -0.39 is 10.1 Å². The quantitative estimate of drug-likeness (QED) is 0.750. The van der Waals surface area contributed by atoms with Crippen LogP contribution in [0.25, 0.3) is 0 Å². The molecule has 0 amide bonds. The van der Waals surface area contributed by atoms with Crippen molar-refractivity contribution in [3.05, 3.63) is 28.8 Å². The molecule has 5 heteroatoms. The van der Waals surface area contributed by atoms with Crippen molar-refractivity contribution in [1.82, 2.24) is 0 Å². The predicted molar refractivity (Wildman–Crippen MR) is 56.0 cm³/mol. The molecule has 3 nitrogen and oxygen atoms in total. The Balaban J connectivity index is 2.68. The first-order chi connectivity index (χ1) is 6.50. The highest BCUT2D eigenvalue weighted by atomic mass is 32.2. The molecule has 2 rings (SSSR count). The van der Waals surface area contributed by atoms with Crippen molar-refractivity contribution in [2.75, 3.05) is 0 Å². The van der Waals surface area contributed by atoms with Crippen LogP contribution >= 0.6 is 11.8 Å². The van der Waals surface area contributed by atoms with Gasteiger partial charge in [0, 0.05) is 11.5 Å². The molecule has 0 radical (unpaired) electrons. The molecular weight excluding hydrogens is 220 g/mol. The zero-order chi connectivity index (χ0) is 10.3. The maximum absolute atomic E-state index is 11.0. The zero-order valence-corrected chi connectivity index (χ0v) is 9.28. The summed E-state index contributed by atoms with van der Waals surface area (Å²) in [5, 5.41) is 0. The van der Waals surface area contributed by atoms with Crippen LogP contribution < -0.4 is 0 Å². The van der Waals surface area contributed by atoms with E-state index in [2.05, 4.69) is 0 Å². The van der Waals surface area contributed by atoms with Crippen molar-refractivity contribution in [1.29, 1.82) is 0 Å². The smallest absolute Gasteiger partial charge is 0.282 e. The SMILES string of the molecule is Cc1c(S(=O)(=O)O)ccc2c1CSC2. The molecule has 1 aromatic carbocycles. The van der Waals surface area contributed by atoms with Crippen molar-refractivity contribution in [3.8, 4) is 0 Å². The number of thioether (sulfide) groups is 1. The Kier molecular flexibility index (Phi) is 2.33. The van der Waals surface area contributed by atoms with Gasteiger partial charge in [-0.2, -0.15) is 20.2 Å². The lowest BCUT2D eigenvalue weighted by atomic mass is 10.1. The molecule has 0 aromatic heterocycles. The topological polar surface area (TPSA) is 54.4 Å². The summed E-state index contributed by atoms with van der Waals surface area (Å²) in [5.74, 6) is 1.77. The number of rotatable bonds is 1. The van der Waals surface area contributed by atoms with Crippen LogP contribution in [0.2, 0.25) is 0 Å². The molecule has 0 aliphatic carbocycles. The van der Waals surface area contributed by atoms with E-state index in [1.54, 1.807) is 24.8 Å². The summed E-state index contributed by atoms with van der Waals surface area (Å²) in [7, 11) is -4.06. The van der Waals surface area contributed by atoms with Crippen molar-refractivity contribution in [2.45, 2.75) is 23.3 Å². The fourth-order valence-corrected chi connectivity index (χ4v) is 3.62. The first-order valence-electron chi connectivity index (χ1n) is 4.17. The van der Waals surface area contributed by atoms with Gasteiger partial charge in [0.25, 0.3) is 10.1 Å². The second-order valence-corrected chi connectivity index (χ2v) is 5.67. The zero-order valence-electron chi connectivity index (χ0n) is 7.65. The van der Waals surface area contributed by atoms with Gasteiger partial charge in [-0.05, 0) is 29.7 Å². The van der Waals surface area contributed by atoms with Crippen LogP contribution in [-0.4, -0.2) is 13.0 Å². The molecule has 1 aliphatic rings. The number of hydrogen-bond donors (Lipinski definition) is 1. The van der Waals surface area contributed by atoms with E-state index in [1.165, 1.54) is 11.6 Å². The molecule has 0 bridgehead atoms. The van der Waals surface area contributed by atoms with Crippen molar-refractivity contribution >= 4 is 21.9 Å². The van der Waals surface area contributed by atoms with Gasteiger partial charge in [0.05, 0.1) is 4.90 Å². The molecule has 0 fully saturated rings. The molecule has 1 N–H and O–H groups in total. The highest BCUT2D eigenvalue weighted by molar-refractivity contribution is 7.98. The molecule has 0 spiro atoms. The van der Waals surface area contributed by atoms with Crippen LogP contribution in [0.4, 0.5) is 0 Å². The molecule has 0 unspecified atom stereocenters. The van der Waals surface area contributed by atoms with Gasteiger partial charge < -0.3 is 0 Å². The van der Waals surface area contributed by atoms with Gasteiger partial charge in [-0.15, -0.1) is 0 Å². The van der Waals surface area contributed by atoms with E-state index >= 15 is 0 Å². The average molecular weight is 230 g/mol.